The Morgan fingerprint density at radius 2 is 1.62 bits per heavy atom. The number of aromatic nitrogens is 1. The van der Waals surface area contributed by atoms with Crippen molar-refractivity contribution in [2.45, 2.75) is 26.4 Å². The third-order valence-electron chi connectivity index (χ3n) is 4.61. The van der Waals surface area contributed by atoms with Crippen LogP contribution in [0.15, 0.2) is 48.5 Å². The first-order valence-electron chi connectivity index (χ1n) is 7.66. The number of hydrogen-bond acceptors (Lipinski definition) is 1. The molecule has 1 aromatic heterocycles. The van der Waals surface area contributed by atoms with E-state index in [1.807, 2.05) is 0 Å². The molecular weight excluding hydrogens is 256 g/mol. The molecule has 2 nitrogen and oxygen atoms in total. The molecule has 0 saturated carbocycles. The number of hydrogen-bond donors (Lipinski definition) is 1. The maximum atomic E-state index is 3.50. The molecule has 1 N–H and O–H groups in total. The third-order valence-corrected chi connectivity index (χ3v) is 4.61. The van der Waals surface area contributed by atoms with E-state index >= 15 is 0 Å². The van der Waals surface area contributed by atoms with Crippen molar-refractivity contribution in [3.8, 4) is 0 Å². The predicted molar refractivity (Wildman–Crippen MR) is 87.3 cm³/mol. The van der Waals surface area contributed by atoms with Gasteiger partial charge in [0.15, 0.2) is 0 Å². The van der Waals surface area contributed by atoms with E-state index in [-0.39, 0.29) is 0 Å². The molecule has 0 spiro atoms. The van der Waals surface area contributed by atoms with Gasteiger partial charge in [-0.2, -0.15) is 0 Å². The molecule has 2 heteroatoms. The molecule has 1 aliphatic heterocycles. The summed E-state index contributed by atoms with van der Waals surface area (Å²) in [6.07, 6.45) is 1.11. The van der Waals surface area contributed by atoms with E-state index in [0.29, 0.717) is 0 Å². The van der Waals surface area contributed by atoms with Gasteiger partial charge in [-0.25, -0.2) is 0 Å². The molecule has 3 aromatic rings. The summed E-state index contributed by atoms with van der Waals surface area (Å²) >= 11 is 0. The first-order valence-corrected chi connectivity index (χ1v) is 7.66. The van der Waals surface area contributed by atoms with E-state index in [0.717, 1.165) is 26.1 Å². The highest BCUT2D eigenvalue weighted by molar-refractivity contribution is 5.84. The van der Waals surface area contributed by atoms with Crippen LogP contribution in [0.2, 0.25) is 0 Å². The standard InChI is InChI=1S/C19H20N2/c1-14-17(18-8-4-5-9-19(18)20-14)10-11-21-12-15-6-2-3-7-16(15)13-21/h2-9,20H,10-13H2,1H3. The first-order chi connectivity index (χ1) is 10.3. The lowest BCUT2D eigenvalue weighted by Crippen LogP contribution is -2.19. The maximum absolute atomic E-state index is 3.50. The molecule has 2 heterocycles. The molecule has 21 heavy (non-hydrogen) atoms. The summed E-state index contributed by atoms with van der Waals surface area (Å²) in [5.41, 5.74) is 7.03. The Balaban J connectivity index is 1.51. The van der Waals surface area contributed by atoms with Crippen LogP contribution in [0.3, 0.4) is 0 Å². The largest absolute Gasteiger partial charge is 0.358 e. The minimum absolute atomic E-state index is 1.09. The van der Waals surface area contributed by atoms with E-state index in [9.17, 15) is 0 Å². The predicted octanol–water partition coefficient (Wildman–Crippen LogP) is 4.03. The Morgan fingerprint density at radius 3 is 2.38 bits per heavy atom. The molecular formula is C19H20N2. The fourth-order valence-electron chi connectivity index (χ4n) is 3.49. The Morgan fingerprint density at radius 1 is 0.952 bits per heavy atom. The SMILES string of the molecule is Cc1[nH]c2ccccc2c1CCN1Cc2ccccc2C1. The lowest BCUT2D eigenvalue weighted by atomic mass is 10.1. The van der Waals surface area contributed by atoms with Crippen molar-refractivity contribution < 1.29 is 0 Å². The van der Waals surface area contributed by atoms with E-state index in [1.54, 1.807) is 0 Å². The molecule has 1 aliphatic rings. The van der Waals surface area contributed by atoms with Crippen molar-refractivity contribution >= 4 is 10.9 Å². The zero-order chi connectivity index (χ0) is 14.2. The van der Waals surface area contributed by atoms with Gasteiger partial charge in [-0.3, -0.25) is 4.90 Å². The summed E-state index contributed by atoms with van der Waals surface area (Å²) in [4.78, 5) is 6.05. The molecule has 0 bridgehead atoms. The molecule has 4 rings (SSSR count). The van der Waals surface area contributed by atoms with Crippen LogP contribution in [0.4, 0.5) is 0 Å². The van der Waals surface area contributed by atoms with Gasteiger partial charge in [0.1, 0.15) is 0 Å². The summed E-state index contributed by atoms with van der Waals surface area (Å²) in [6.45, 7) is 5.50. The number of aryl methyl sites for hydroxylation is 1. The van der Waals surface area contributed by atoms with Crippen molar-refractivity contribution in [1.82, 2.24) is 9.88 Å². The molecule has 2 aromatic carbocycles. The number of aromatic amines is 1. The summed E-state index contributed by atoms with van der Waals surface area (Å²) in [7, 11) is 0. The number of nitrogens with one attached hydrogen (secondary N) is 1. The molecule has 0 radical (unpaired) electrons. The maximum Gasteiger partial charge on any atom is 0.0458 e. The summed E-state index contributed by atoms with van der Waals surface area (Å²) in [6, 6.07) is 17.4. The number of fused-ring (bicyclic) bond motifs is 2. The summed E-state index contributed by atoms with van der Waals surface area (Å²) < 4.78 is 0. The number of H-pyrrole nitrogens is 1. The molecule has 0 aliphatic carbocycles. The van der Waals surface area contributed by atoms with E-state index in [1.165, 1.54) is 33.3 Å². The second kappa shape index (κ2) is 5.05. The topological polar surface area (TPSA) is 19.0 Å². The highest BCUT2D eigenvalue weighted by Crippen LogP contribution is 2.25. The van der Waals surface area contributed by atoms with Crippen LogP contribution in [0.1, 0.15) is 22.4 Å². The monoisotopic (exact) mass is 276 g/mol. The molecule has 0 atom stereocenters. The quantitative estimate of drug-likeness (QED) is 0.765. The first kappa shape index (κ1) is 12.7. The number of para-hydroxylation sites is 1. The van der Waals surface area contributed by atoms with Gasteiger partial charge >= 0.3 is 0 Å². The van der Waals surface area contributed by atoms with Gasteiger partial charge < -0.3 is 4.98 Å². The normalized spacial score (nSPS) is 14.7. The highest BCUT2D eigenvalue weighted by Gasteiger charge is 2.18. The molecule has 0 unspecified atom stereocenters. The third kappa shape index (κ3) is 2.26. The van der Waals surface area contributed by atoms with Gasteiger partial charge in [-0.05, 0) is 36.1 Å². The molecule has 106 valence electrons. The van der Waals surface area contributed by atoms with Gasteiger partial charge in [-0.1, -0.05) is 42.5 Å². The fraction of sp³-hybridized carbons (Fsp3) is 0.263. The van der Waals surface area contributed by atoms with Crippen molar-refractivity contribution in [3.05, 3.63) is 70.9 Å². The zero-order valence-electron chi connectivity index (χ0n) is 12.4. The fourth-order valence-corrected chi connectivity index (χ4v) is 3.49. The molecule has 0 fully saturated rings. The lowest BCUT2D eigenvalue weighted by Gasteiger charge is -2.14. The second-order valence-corrected chi connectivity index (χ2v) is 6.00. The van der Waals surface area contributed by atoms with E-state index in [2.05, 4.69) is 65.3 Å². The summed E-state index contributed by atoms with van der Waals surface area (Å²) in [5.74, 6) is 0. The second-order valence-electron chi connectivity index (χ2n) is 6.00. The smallest absolute Gasteiger partial charge is 0.0458 e. The molecule has 0 saturated heterocycles. The van der Waals surface area contributed by atoms with Gasteiger partial charge in [0.2, 0.25) is 0 Å². The average molecular weight is 276 g/mol. The van der Waals surface area contributed by atoms with Gasteiger partial charge in [0.05, 0.1) is 0 Å². The lowest BCUT2D eigenvalue weighted by molar-refractivity contribution is 0.288. The highest BCUT2D eigenvalue weighted by atomic mass is 15.1. The van der Waals surface area contributed by atoms with Crippen LogP contribution in [0.5, 0.6) is 0 Å². The zero-order valence-corrected chi connectivity index (χ0v) is 12.4. The van der Waals surface area contributed by atoms with Crippen LogP contribution >= 0.6 is 0 Å². The van der Waals surface area contributed by atoms with E-state index in [4.69, 9.17) is 0 Å². The molecule has 0 amide bonds. The van der Waals surface area contributed by atoms with Crippen LogP contribution in [-0.4, -0.2) is 16.4 Å². The average Bonchev–Trinajstić information content (AvgIpc) is 3.04. The van der Waals surface area contributed by atoms with Crippen LogP contribution in [-0.2, 0) is 19.5 Å². The summed E-state index contributed by atoms with van der Waals surface area (Å²) in [5, 5.41) is 1.38. The number of benzene rings is 2. The minimum atomic E-state index is 1.09. The van der Waals surface area contributed by atoms with Gasteiger partial charge in [0.25, 0.3) is 0 Å². The number of nitrogens with zero attached hydrogens (tertiary/aromatic N) is 1. The van der Waals surface area contributed by atoms with Gasteiger partial charge in [0, 0.05) is 36.2 Å². The number of rotatable bonds is 3. The van der Waals surface area contributed by atoms with Crippen LogP contribution < -0.4 is 0 Å². The van der Waals surface area contributed by atoms with E-state index < -0.39 is 0 Å². The Bertz CT molecular complexity index is 760. The van der Waals surface area contributed by atoms with Gasteiger partial charge in [-0.15, -0.1) is 0 Å². The Kier molecular flexibility index (Phi) is 3.04. The van der Waals surface area contributed by atoms with Crippen molar-refractivity contribution in [3.63, 3.8) is 0 Å². The Hall–Kier alpha value is -2.06. The minimum Gasteiger partial charge on any atom is -0.358 e. The Labute approximate surface area is 125 Å². The van der Waals surface area contributed by atoms with Crippen molar-refractivity contribution in [1.29, 1.82) is 0 Å². The van der Waals surface area contributed by atoms with Crippen molar-refractivity contribution in [2.24, 2.45) is 0 Å². The van der Waals surface area contributed by atoms with Crippen molar-refractivity contribution in [2.75, 3.05) is 6.54 Å². The van der Waals surface area contributed by atoms with Crippen LogP contribution in [0.25, 0.3) is 10.9 Å². The van der Waals surface area contributed by atoms with Crippen LogP contribution in [0, 0.1) is 6.92 Å².